The molecule has 0 radical (unpaired) electrons. The number of aromatic nitrogens is 2. The van der Waals surface area contributed by atoms with E-state index in [0.717, 1.165) is 30.4 Å². The largest absolute Gasteiger partial charge is 0.369 e. The van der Waals surface area contributed by atoms with Crippen molar-refractivity contribution >= 4 is 11.6 Å². The SMILES string of the molecule is CC(c1ccc(Cl)cc1)n1cncc1C1CNCCO1. The van der Waals surface area contributed by atoms with E-state index in [-0.39, 0.29) is 12.1 Å². The lowest BCUT2D eigenvalue weighted by molar-refractivity contribution is 0.0224. The second-order valence-corrected chi connectivity index (χ2v) is 5.45. The van der Waals surface area contributed by atoms with E-state index in [1.54, 1.807) is 0 Å². The lowest BCUT2D eigenvalue weighted by Gasteiger charge is -2.26. The minimum absolute atomic E-state index is 0.0704. The van der Waals surface area contributed by atoms with Gasteiger partial charge in [-0.25, -0.2) is 4.98 Å². The maximum atomic E-state index is 5.95. The van der Waals surface area contributed by atoms with Gasteiger partial charge in [-0.2, -0.15) is 0 Å². The molecule has 0 aliphatic carbocycles. The van der Waals surface area contributed by atoms with Gasteiger partial charge in [-0.3, -0.25) is 0 Å². The van der Waals surface area contributed by atoms with Crippen LogP contribution in [-0.2, 0) is 4.74 Å². The topological polar surface area (TPSA) is 39.1 Å². The van der Waals surface area contributed by atoms with Crippen molar-refractivity contribution < 1.29 is 4.74 Å². The van der Waals surface area contributed by atoms with Crippen LogP contribution in [0.25, 0.3) is 0 Å². The second-order valence-electron chi connectivity index (χ2n) is 5.02. The van der Waals surface area contributed by atoms with Crippen LogP contribution < -0.4 is 5.32 Å². The molecule has 5 heteroatoms. The van der Waals surface area contributed by atoms with Crippen LogP contribution in [0.1, 0.15) is 30.3 Å². The van der Waals surface area contributed by atoms with Crippen molar-refractivity contribution in [1.82, 2.24) is 14.9 Å². The van der Waals surface area contributed by atoms with Crippen LogP contribution in [0, 0.1) is 0 Å². The van der Waals surface area contributed by atoms with Gasteiger partial charge in [0.2, 0.25) is 0 Å². The molecule has 106 valence electrons. The predicted octanol–water partition coefficient (Wildman–Crippen LogP) is 2.81. The molecule has 1 N–H and O–H groups in total. The summed E-state index contributed by atoms with van der Waals surface area (Å²) in [5.41, 5.74) is 2.32. The van der Waals surface area contributed by atoms with E-state index >= 15 is 0 Å². The van der Waals surface area contributed by atoms with Gasteiger partial charge >= 0.3 is 0 Å². The fraction of sp³-hybridized carbons (Fsp3) is 0.400. The Morgan fingerprint density at radius 2 is 2.20 bits per heavy atom. The number of morpholine rings is 1. The molecule has 2 heterocycles. The number of hydrogen-bond donors (Lipinski definition) is 1. The maximum absolute atomic E-state index is 5.95. The van der Waals surface area contributed by atoms with Gasteiger partial charge in [-0.1, -0.05) is 23.7 Å². The highest BCUT2D eigenvalue weighted by Crippen LogP contribution is 2.26. The van der Waals surface area contributed by atoms with Crippen LogP contribution in [0.4, 0.5) is 0 Å². The Morgan fingerprint density at radius 1 is 1.40 bits per heavy atom. The third kappa shape index (κ3) is 2.73. The number of nitrogens with one attached hydrogen (secondary N) is 1. The highest BCUT2D eigenvalue weighted by Gasteiger charge is 2.22. The van der Waals surface area contributed by atoms with Crippen molar-refractivity contribution in [2.45, 2.75) is 19.1 Å². The Labute approximate surface area is 123 Å². The number of ether oxygens (including phenoxy) is 1. The zero-order chi connectivity index (χ0) is 13.9. The molecule has 1 aliphatic heterocycles. The molecule has 3 rings (SSSR count). The Morgan fingerprint density at radius 3 is 2.90 bits per heavy atom. The average Bonchev–Trinajstić information content (AvgIpc) is 2.97. The maximum Gasteiger partial charge on any atom is 0.111 e. The quantitative estimate of drug-likeness (QED) is 0.945. The van der Waals surface area contributed by atoms with Gasteiger partial charge in [0.25, 0.3) is 0 Å². The fourth-order valence-electron chi connectivity index (χ4n) is 2.55. The monoisotopic (exact) mass is 291 g/mol. The van der Waals surface area contributed by atoms with E-state index in [1.807, 2.05) is 24.7 Å². The van der Waals surface area contributed by atoms with Crippen LogP contribution in [0.2, 0.25) is 5.02 Å². The Bertz CT molecular complexity index is 561. The first kappa shape index (κ1) is 13.6. The summed E-state index contributed by atoms with van der Waals surface area (Å²) in [6, 6.07) is 8.15. The highest BCUT2D eigenvalue weighted by atomic mass is 35.5. The second kappa shape index (κ2) is 5.95. The molecule has 0 bridgehead atoms. The van der Waals surface area contributed by atoms with E-state index in [2.05, 4.69) is 33.9 Å². The minimum Gasteiger partial charge on any atom is -0.369 e. The van der Waals surface area contributed by atoms with Crippen molar-refractivity contribution in [1.29, 1.82) is 0 Å². The van der Waals surface area contributed by atoms with E-state index in [4.69, 9.17) is 16.3 Å². The molecule has 2 unspecified atom stereocenters. The summed E-state index contributed by atoms with van der Waals surface area (Å²) in [5.74, 6) is 0. The lowest BCUT2D eigenvalue weighted by Crippen LogP contribution is -2.34. The summed E-state index contributed by atoms with van der Waals surface area (Å²) in [4.78, 5) is 4.29. The van der Waals surface area contributed by atoms with Gasteiger partial charge < -0.3 is 14.6 Å². The van der Waals surface area contributed by atoms with Crippen molar-refractivity contribution in [3.05, 3.63) is 53.1 Å². The number of rotatable bonds is 3. The van der Waals surface area contributed by atoms with E-state index < -0.39 is 0 Å². The van der Waals surface area contributed by atoms with Gasteiger partial charge in [0.15, 0.2) is 0 Å². The summed E-state index contributed by atoms with van der Waals surface area (Å²) in [6.45, 7) is 4.65. The van der Waals surface area contributed by atoms with Crippen molar-refractivity contribution in [3.63, 3.8) is 0 Å². The molecule has 0 amide bonds. The standard InChI is InChI=1S/C15H18ClN3O/c1-11(12-2-4-13(16)5-3-12)19-10-18-8-14(19)15-9-17-6-7-20-15/h2-5,8,10-11,15,17H,6-7,9H2,1H3. The van der Waals surface area contributed by atoms with Gasteiger partial charge in [0, 0.05) is 18.1 Å². The molecule has 20 heavy (non-hydrogen) atoms. The zero-order valence-electron chi connectivity index (χ0n) is 11.4. The van der Waals surface area contributed by atoms with Crippen molar-refractivity contribution in [2.24, 2.45) is 0 Å². The van der Waals surface area contributed by atoms with E-state index in [9.17, 15) is 0 Å². The first-order chi connectivity index (χ1) is 9.75. The molecule has 4 nitrogen and oxygen atoms in total. The molecule has 1 saturated heterocycles. The highest BCUT2D eigenvalue weighted by molar-refractivity contribution is 6.30. The molecular formula is C15H18ClN3O. The zero-order valence-corrected chi connectivity index (χ0v) is 12.2. The molecule has 0 spiro atoms. The van der Waals surface area contributed by atoms with E-state index in [1.165, 1.54) is 5.56 Å². The molecule has 2 aromatic rings. The summed E-state index contributed by atoms with van der Waals surface area (Å²) in [5, 5.41) is 4.11. The Kier molecular flexibility index (Phi) is 4.05. The molecule has 1 aliphatic rings. The third-order valence-corrected chi connectivity index (χ3v) is 3.98. The van der Waals surface area contributed by atoms with Crippen LogP contribution in [-0.4, -0.2) is 29.2 Å². The van der Waals surface area contributed by atoms with Gasteiger partial charge in [0.1, 0.15) is 6.10 Å². The smallest absolute Gasteiger partial charge is 0.111 e. The van der Waals surface area contributed by atoms with Crippen LogP contribution in [0.3, 0.4) is 0 Å². The molecule has 2 atom stereocenters. The number of imidazole rings is 1. The van der Waals surface area contributed by atoms with Crippen LogP contribution in [0.5, 0.6) is 0 Å². The lowest BCUT2D eigenvalue weighted by atomic mass is 10.1. The first-order valence-electron chi connectivity index (χ1n) is 6.85. The fourth-order valence-corrected chi connectivity index (χ4v) is 2.67. The number of nitrogens with zero attached hydrogens (tertiary/aromatic N) is 2. The summed E-state index contributed by atoms with van der Waals surface area (Å²) in [7, 11) is 0. The summed E-state index contributed by atoms with van der Waals surface area (Å²) >= 11 is 5.95. The normalized spacial score (nSPS) is 20.8. The van der Waals surface area contributed by atoms with Crippen LogP contribution in [0.15, 0.2) is 36.8 Å². The molecular weight excluding hydrogens is 274 g/mol. The third-order valence-electron chi connectivity index (χ3n) is 3.72. The van der Waals surface area contributed by atoms with Gasteiger partial charge in [0.05, 0.1) is 30.9 Å². The average molecular weight is 292 g/mol. The molecule has 0 saturated carbocycles. The van der Waals surface area contributed by atoms with Gasteiger partial charge in [-0.05, 0) is 24.6 Å². The summed E-state index contributed by atoms with van der Waals surface area (Å²) < 4.78 is 7.99. The number of hydrogen-bond acceptors (Lipinski definition) is 3. The Hall–Kier alpha value is -1.36. The predicted molar refractivity (Wildman–Crippen MR) is 79.1 cm³/mol. The van der Waals surface area contributed by atoms with Crippen molar-refractivity contribution in [2.75, 3.05) is 19.7 Å². The minimum atomic E-state index is 0.0704. The molecule has 1 fully saturated rings. The van der Waals surface area contributed by atoms with Gasteiger partial charge in [-0.15, -0.1) is 0 Å². The van der Waals surface area contributed by atoms with Crippen molar-refractivity contribution in [3.8, 4) is 0 Å². The van der Waals surface area contributed by atoms with E-state index in [0.29, 0.717) is 0 Å². The van der Waals surface area contributed by atoms with Crippen LogP contribution >= 0.6 is 11.6 Å². The molecule has 1 aromatic carbocycles. The Balaban J connectivity index is 1.86. The first-order valence-corrected chi connectivity index (χ1v) is 7.23. The molecule has 1 aromatic heterocycles. The summed E-state index contributed by atoms with van der Waals surface area (Å²) in [6.07, 6.45) is 3.83. The number of halogens is 1. The number of benzene rings is 1.